The monoisotopic (exact) mass is 677 g/mol. The third-order valence-electron chi connectivity index (χ3n) is 7.74. The number of aliphatic hydroxyl groups is 1. The molecule has 0 spiro atoms. The lowest BCUT2D eigenvalue weighted by atomic mass is 9.98. The van der Waals surface area contributed by atoms with Crippen LogP contribution in [0.15, 0.2) is 97.1 Å². The quantitative estimate of drug-likeness (QED) is 0.191. The van der Waals surface area contributed by atoms with Gasteiger partial charge in [0.05, 0.1) is 35.9 Å². The average Bonchev–Trinajstić information content (AvgIpc) is 3.07. The lowest BCUT2D eigenvalue weighted by Crippen LogP contribution is -2.40. The summed E-state index contributed by atoms with van der Waals surface area (Å²) in [4.78, 5) is 29.5. The molecule has 4 aromatic carbocycles. The Bertz CT molecular complexity index is 1660. The Kier molecular flexibility index (Phi) is 12.8. The van der Waals surface area contributed by atoms with Crippen LogP contribution in [0.25, 0.3) is 0 Å². The third-order valence-corrected chi connectivity index (χ3v) is 7.74. The summed E-state index contributed by atoms with van der Waals surface area (Å²) < 4.78 is 49.9. The maximum absolute atomic E-state index is 13.0. The molecule has 0 aromatic heterocycles. The number of ether oxygens (including phenoxy) is 2. The summed E-state index contributed by atoms with van der Waals surface area (Å²) >= 11 is 0. The van der Waals surface area contributed by atoms with E-state index in [0.29, 0.717) is 24.4 Å². The first-order valence-electron chi connectivity index (χ1n) is 16.0. The SMILES string of the molecule is CC(C(=O)Nc1cccc2c1OC[C@H](C)CN(CCO)C2=O)c1ccc(C(F)(F)F)cc1.CN(C)Cc1ccc(Oc2ccccc2)cc1. The molecular weight excluding hydrogens is 635 g/mol. The van der Waals surface area contributed by atoms with Gasteiger partial charge in [-0.15, -0.1) is 0 Å². The van der Waals surface area contributed by atoms with Crippen molar-refractivity contribution in [3.05, 3.63) is 119 Å². The number of fused-ring (bicyclic) bond motifs is 1. The summed E-state index contributed by atoms with van der Waals surface area (Å²) in [5, 5.41) is 12.0. The highest BCUT2D eigenvalue weighted by atomic mass is 19.4. The van der Waals surface area contributed by atoms with E-state index in [1.807, 2.05) is 49.4 Å². The lowest BCUT2D eigenvalue weighted by Gasteiger charge is -2.30. The Morgan fingerprint density at radius 3 is 2.24 bits per heavy atom. The second kappa shape index (κ2) is 17.0. The van der Waals surface area contributed by atoms with E-state index in [4.69, 9.17) is 9.47 Å². The zero-order valence-electron chi connectivity index (χ0n) is 28.0. The molecule has 1 aliphatic rings. The van der Waals surface area contributed by atoms with Crippen molar-refractivity contribution in [2.24, 2.45) is 5.92 Å². The van der Waals surface area contributed by atoms with E-state index in [2.05, 4.69) is 36.4 Å². The summed E-state index contributed by atoms with van der Waals surface area (Å²) in [7, 11) is 4.13. The molecule has 0 aliphatic carbocycles. The maximum Gasteiger partial charge on any atom is 0.416 e. The van der Waals surface area contributed by atoms with Crippen LogP contribution in [0.1, 0.15) is 46.8 Å². The Balaban J connectivity index is 0.000000266. The van der Waals surface area contributed by atoms with Gasteiger partial charge >= 0.3 is 6.18 Å². The van der Waals surface area contributed by atoms with Crippen LogP contribution in [0, 0.1) is 5.92 Å². The third kappa shape index (κ3) is 10.6. The average molecular weight is 678 g/mol. The number of rotatable bonds is 9. The molecule has 49 heavy (non-hydrogen) atoms. The van der Waals surface area contributed by atoms with Crippen LogP contribution in [-0.4, -0.2) is 67.1 Å². The van der Waals surface area contributed by atoms with E-state index in [0.717, 1.165) is 30.2 Å². The molecule has 0 saturated carbocycles. The Labute approximate surface area is 285 Å². The van der Waals surface area contributed by atoms with Gasteiger partial charge in [-0.1, -0.05) is 55.5 Å². The number of halogens is 3. The highest BCUT2D eigenvalue weighted by Crippen LogP contribution is 2.34. The molecule has 2 amide bonds. The Morgan fingerprint density at radius 2 is 1.63 bits per heavy atom. The van der Waals surface area contributed by atoms with Gasteiger partial charge in [-0.05, 0) is 80.7 Å². The van der Waals surface area contributed by atoms with Gasteiger partial charge in [0.2, 0.25) is 5.91 Å². The van der Waals surface area contributed by atoms with Crippen molar-refractivity contribution in [3.8, 4) is 17.2 Å². The van der Waals surface area contributed by atoms with Gasteiger partial charge in [0.25, 0.3) is 5.91 Å². The number of alkyl halides is 3. The van der Waals surface area contributed by atoms with Crippen molar-refractivity contribution < 1.29 is 37.3 Å². The summed E-state index contributed by atoms with van der Waals surface area (Å²) in [5.74, 6) is 0.492. The number of anilines is 1. The van der Waals surface area contributed by atoms with Crippen LogP contribution in [0.4, 0.5) is 18.9 Å². The first-order valence-corrected chi connectivity index (χ1v) is 16.0. The molecule has 2 N–H and O–H groups in total. The zero-order chi connectivity index (χ0) is 35.6. The predicted octanol–water partition coefficient (Wildman–Crippen LogP) is 7.45. The number of β-amino-alcohol motifs (C(OH)–C–C–N with tert-alkyl or cyclic N) is 1. The van der Waals surface area contributed by atoms with Gasteiger partial charge in [-0.25, -0.2) is 0 Å². The normalized spacial score (nSPS) is 15.2. The van der Waals surface area contributed by atoms with Crippen molar-refractivity contribution in [1.82, 2.24) is 9.80 Å². The lowest BCUT2D eigenvalue weighted by molar-refractivity contribution is -0.137. The zero-order valence-corrected chi connectivity index (χ0v) is 28.0. The van der Waals surface area contributed by atoms with Crippen molar-refractivity contribution in [2.45, 2.75) is 32.5 Å². The smallest absolute Gasteiger partial charge is 0.416 e. The number of nitrogens with zero attached hydrogens (tertiary/aromatic N) is 2. The minimum atomic E-state index is -4.45. The first kappa shape index (κ1) is 37.0. The summed E-state index contributed by atoms with van der Waals surface area (Å²) in [6.45, 7) is 5.20. The minimum Gasteiger partial charge on any atom is -0.490 e. The molecule has 1 unspecified atom stereocenters. The summed E-state index contributed by atoms with van der Waals surface area (Å²) in [6, 6.07) is 27.3. The number of nitrogens with one attached hydrogen (secondary N) is 1. The molecule has 8 nitrogen and oxygen atoms in total. The van der Waals surface area contributed by atoms with Gasteiger partial charge < -0.3 is 29.7 Å². The highest BCUT2D eigenvalue weighted by Gasteiger charge is 2.31. The van der Waals surface area contributed by atoms with Crippen molar-refractivity contribution >= 4 is 17.5 Å². The fraction of sp³-hybridized carbons (Fsp3) is 0.316. The number of hydrogen-bond acceptors (Lipinski definition) is 6. The first-order chi connectivity index (χ1) is 23.3. The molecule has 5 rings (SSSR count). The van der Waals surface area contributed by atoms with E-state index in [1.54, 1.807) is 30.0 Å². The number of para-hydroxylation sites is 2. The standard InChI is InChI=1S/C23H25F3N2O4.C15H17NO/c1-14-12-28(10-11-29)22(31)18-4-3-5-19(20(18)32-13-14)27-21(30)15(2)16-6-8-17(9-7-16)23(24,25)26;1-16(2)12-13-8-10-15(11-9-13)17-14-6-4-3-5-7-14/h3-9,14-15,29H,10-13H2,1-2H3,(H,27,30);3-11H,12H2,1-2H3/t14-,15?;/m1./s1. The number of amides is 2. The Morgan fingerprint density at radius 1 is 0.980 bits per heavy atom. The molecule has 2 atom stereocenters. The predicted molar refractivity (Wildman–Crippen MR) is 183 cm³/mol. The molecule has 0 radical (unpaired) electrons. The second-order valence-corrected chi connectivity index (χ2v) is 12.2. The van der Waals surface area contributed by atoms with Crippen LogP contribution in [-0.2, 0) is 17.5 Å². The van der Waals surface area contributed by atoms with Gasteiger partial charge in [-0.3, -0.25) is 9.59 Å². The molecule has 1 heterocycles. The molecule has 11 heteroatoms. The van der Waals surface area contributed by atoms with E-state index in [-0.39, 0.29) is 36.3 Å². The fourth-order valence-corrected chi connectivity index (χ4v) is 5.19. The number of carbonyl (C=O) groups is 2. The highest BCUT2D eigenvalue weighted by molar-refractivity contribution is 6.02. The van der Waals surface area contributed by atoms with Crippen molar-refractivity contribution in [1.29, 1.82) is 0 Å². The van der Waals surface area contributed by atoms with Crippen LogP contribution >= 0.6 is 0 Å². The van der Waals surface area contributed by atoms with Gasteiger partial charge in [0.15, 0.2) is 5.75 Å². The van der Waals surface area contributed by atoms with Gasteiger partial charge in [-0.2, -0.15) is 13.2 Å². The van der Waals surface area contributed by atoms with Gasteiger partial charge in [0.1, 0.15) is 11.5 Å². The fourth-order valence-electron chi connectivity index (χ4n) is 5.19. The Hall–Kier alpha value is -4.87. The van der Waals surface area contributed by atoms with Crippen molar-refractivity contribution in [3.63, 3.8) is 0 Å². The molecule has 1 aliphatic heterocycles. The molecule has 0 fully saturated rings. The van der Waals surface area contributed by atoms with E-state index < -0.39 is 23.6 Å². The van der Waals surface area contributed by atoms with Crippen LogP contribution in [0.3, 0.4) is 0 Å². The molecule has 260 valence electrons. The van der Waals surface area contributed by atoms with E-state index in [1.165, 1.54) is 17.7 Å². The van der Waals surface area contributed by atoms with Crippen molar-refractivity contribution in [2.75, 3.05) is 45.7 Å². The van der Waals surface area contributed by atoms with Crippen LogP contribution in [0.2, 0.25) is 0 Å². The summed E-state index contributed by atoms with van der Waals surface area (Å²) in [6.07, 6.45) is -4.45. The number of hydrogen-bond donors (Lipinski definition) is 2. The molecule has 0 saturated heterocycles. The van der Waals surface area contributed by atoms with Gasteiger partial charge in [0, 0.05) is 25.6 Å². The topological polar surface area (TPSA) is 91.3 Å². The summed E-state index contributed by atoms with van der Waals surface area (Å²) in [5.41, 5.74) is 1.50. The second-order valence-electron chi connectivity index (χ2n) is 12.2. The van der Waals surface area contributed by atoms with E-state index in [9.17, 15) is 27.9 Å². The molecule has 4 aromatic rings. The van der Waals surface area contributed by atoms with Crippen LogP contribution < -0.4 is 14.8 Å². The minimum absolute atomic E-state index is 0.00785. The molecular formula is C38H42F3N3O5. The van der Waals surface area contributed by atoms with Crippen LogP contribution in [0.5, 0.6) is 17.2 Å². The maximum atomic E-state index is 13.0. The number of aliphatic hydroxyl groups excluding tert-OH is 1. The van der Waals surface area contributed by atoms with E-state index >= 15 is 0 Å². The number of benzene rings is 4. The number of carbonyl (C=O) groups excluding carboxylic acids is 2. The molecule has 0 bridgehead atoms. The largest absolute Gasteiger partial charge is 0.490 e.